The van der Waals surface area contributed by atoms with Gasteiger partial charge in [0.15, 0.2) is 0 Å². The molecular weight excluding hydrogens is 488 g/mol. The van der Waals surface area contributed by atoms with Crippen molar-refractivity contribution in [3.63, 3.8) is 0 Å². The number of carbonyl (C=O) groups excluding carboxylic acids is 4. The summed E-state index contributed by atoms with van der Waals surface area (Å²) in [4.78, 5) is 49.9. The first-order valence-corrected chi connectivity index (χ1v) is 12.7. The van der Waals surface area contributed by atoms with E-state index < -0.39 is 72.0 Å². The Morgan fingerprint density at radius 2 is 1.70 bits per heavy atom. The summed E-state index contributed by atoms with van der Waals surface area (Å²) < 4.78 is 15.0. The maximum atomic E-state index is 12.9. The van der Waals surface area contributed by atoms with E-state index in [1.165, 1.54) is 12.2 Å². The smallest absolute Gasteiger partial charge is 0.345 e. The van der Waals surface area contributed by atoms with Crippen LogP contribution in [0.5, 0.6) is 0 Å². The molecule has 0 spiro atoms. The number of unbranched alkanes of at least 4 members (excludes halogenated alkanes) is 3. The van der Waals surface area contributed by atoms with Crippen LogP contribution in [0.4, 0.5) is 0 Å². The van der Waals surface area contributed by atoms with E-state index in [0.717, 1.165) is 19.3 Å². The number of esters is 4. The largest absolute Gasteiger partial charge is 0.456 e. The second-order valence-electron chi connectivity index (χ2n) is 9.93. The van der Waals surface area contributed by atoms with E-state index >= 15 is 0 Å². The Hall–Kier alpha value is -2.86. The molecule has 4 rings (SSSR count). The number of hydrogen-bond acceptors (Lipinski definition) is 11. The SMILES string of the molecule is CCCCCC[C@@H](O)[C@@H]1C2=C(C[C@H]([C@H](O)[C@@H]3CC=CC(=O)O3)CC3=C(C(=O)OC3=O)[C@H]1O)C(O)OC2=O. The summed E-state index contributed by atoms with van der Waals surface area (Å²) in [5.74, 6) is -6.05. The van der Waals surface area contributed by atoms with Gasteiger partial charge >= 0.3 is 23.9 Å². The van der Waals surface area contributed by atoms with Crippen LogP contribution in [-0.4, -0.2) is 75.0 Å². The molecule has 4 N–H and O–H groups in total. The molecule has 4 aliphatic rings. The van der Waals surface area contributed by atoms with E-state index in [0.29, 0.717) is 6.42 Å². The molecule has 3 heterocycles. The number of aliphatic hydroxyl groups excluding tert-OH is 4. The van der Waals surface area contributed by atoms with Crippen LogP contribution in [0.15, 0.2) is 34.4 Å². The van der Waals surface area contributed by atoms with Crippen molar-refractivity contribution in [2.75, 3.05) is 0 Å². The van der Waals surface area contributed by atoms with Crippen LogP contribution in [0.25, 0.3) is 0 Å². The van der Waals surface area contributed by atoms with Gasteiger partial charge in [-0.05, 0) is 25.2 Å². The summed E-state index contributed by atoms with van der Waals surface area (Å²) in [5.41, 5.74) is -0.748. The third-order valence-electron chi connectivity index (χ3n) is 7.50. The Bertz CT molecular complexity index is 1050. The molecule has 0 saturated heterocycles. The molecule has 0 aromatic rings. The van der Waals surface area contributed by atoms with Gasteiger partial charge in [0.2, 0.25) is 6.29 Å². The van der Waals surface area contributed by atoms with Crippen molar-refractivity contribution in [3.8, 4) is 0 Å². The topological polar surface area (TPSA) is 177 Å². The van der Waals surface area contributed by atoms with Gasteiger partial charge in [0, 0.05) is 24.0 Å². The lowest BCUT2D eigenvalue weighted by atomic mass is 9.80. The van der Waals surface area contributed by atoms with E-state index in [1.807, 2.05) is 6.92 Å². The Morgan fingerprint density at radius 1 is 0.946 bits per heavy atom. The molecule has 0 radical (unpaired) electrons. The Kier molecular flexibility index (Phi) is 8.27. The third-order valence-corrected chi connectivity index (χ3v) is 7.50. The average Bonchev–Trinajstić information content (AvgIpc) is 3.30. The van der Waals surface area contributed by atoms with E-state index in [2.05, 4.69) is 0 Å². The highest BCUT2D eigenvalue weighted by molar-refractivity contribution is 6.13. The fourth-order valence-electron chi connectivity index (χ4n) is 5.59. The van der Waals surface area contributed by atoms with Gasteiger partial charge in [-0.15, -0.1) is 0 Å². The van der Waals surface area contributed by atoms with Gasteiger partial charge in [0.25, 0.3) is 0 Å². The van der Waals surface area contributed by atoms with Crippen LogP contribution in [0, 0.1) is 11.8 Å². The standard InChI is InChI=1S/C26H32O11/c1-2-3-4-5-7-15(27)20-18-13(23(31)36-25(18)33)10-12(21(29)16-8-6-9-17(28)35-16)11-14-19(22(20)30)26(34)37-24(14)32/h6,9,12,15-16,20-23,27,29-31H,2-5,7-8,10-11H2,1H3/t12-,15+,16-,20+,21-,22+,23?/m0/s1. The quantitative estimate of drug-likeness (QED) is 0.152. The minimum absolute atomic E-state index is 0.0328. The Labute approximate surface area is 213 Å². The second-order valence-corrected chi connectivity index (χ2v) is 9.93. The van der Waals surface area contributed by atoms with Gasteiger partial charge in [0.05, 0.1) is 35.0 Å². The lowest BCUT2D eigenvalue weighted by Crippen LogP contribution is -2.39. The molecule has 0 saturated carbocycles. The maximum absolute atomic E-state index is 12.9. The number of rotatable bonds is 8. The molecule has 0 fully saturated rings. The van der Waals surface area contributed by atoms with Crippen LogP contribution in [0.1, 0.15) is 58.3 Å². The summed E-state index contributed by atoms with van der Waals surface area (Å²) in [6, 6.07) is 0. The van der Waals surface area contributed by atoms with Crippen molar-refractivity contribution in [2.45, 2.75) is 89.0 Å². The molecule has 1 aliphatic carbocycles. The van der Waals surface area contributed by atoms with Crippen molar-refractivity contribution in [3.05, 3.63) is 34.4 Å². The van der Waals surface area contributed by atoms with E-state index in [4.69, 9.17) is 14.2 Å². The van der Waals surface area contributed by atoms with Gasteiger partial charge < -0.3 is 34.6 Å². The lowest BCUT2D eigenvalue weighted by Gasteiger charge is -2.31. The van der Waals surface area contributed by atoms with Crippen molar-refractivity contribution in [1.82, 2.24) is 0 Å². The van der Waals surface area contributed by atoms with Crippen LogP contribution in [-0.2, 0) is 33.4 Å². The molecular formula is C26H32O11. The van der Waals surface area contributed by atoms with Gasteiger partial charge in [-0.3, -0.25) is 0 Å². The first kappa shape index (κ1) is 27.2. The number of carbonyl (C=O) groups is 4. The summed E-state index contributed by atoms with van der Waals surface area (Å²) in [7, 11) is 0. The lowest BCUT2D eigenvalue weighted by molar-refractivity contribution is -0.155. The van der Waals surface area contributed by atoms with Crippen molar-refractivity contribution in [1.29, 1.82) is 0 Å². The van der Waals surface area contributed by atoms with Gasteiger partial charge in [-0.2, -0.15) is 0 Å². The molecule has 1 unspecified atom stereocenters. The maximum Gasteiger partial charge on any atom is 0.345 e. The van der Waals surface area contributed by atoms with Crippen LogP contribution < -0.4 is 0 Å². The fourth-order valence-corrected chi connectivity index (χ4v) is 5.59. The van der Waals surface area contributed by atoms with Crippen LogP contribution in [0.2, 0.25) is 0 Å². The molecule has 0 bridgehead atoms. The Balaban J connectivity index is 1.77. The highest BCUT2D eigenvalue weighted by atomic mass is 16.6. The summed E-state index contributed by atoms with van der Waals surface area (Å²) in [6.45, 7) is 2.03. The van der Waals surface area contributed by atoms with E-state index in [1.54, 1.807) is 0 Å². The zero-order chi connectivity index (χ0) is 26.9. The predicted molar refractivity (Wildman–Crippen MR) is 124 cm³/mol. The molecule has 7 atom stereocenters. The zero-order valence-electron chi connectivity index (χ0n) is 20.5. The average molecular weight is 521 g/mol. The highest BCUT2D eigenvalue weighted by Gasteiger charge is 2.51. The van der Waals surface area contributed by atoms with Crippen molar-refractivity contribution >= 4 is 23.9 Å². The molecule has 202 valence electrons. The molecule has 11 nitrogen and oxygen atoms in total. The Morgan fingerprint density at radius 3 is 2.41 bits per heavy atom. The van der Waals surface area contributed by atoms with Gasteiger partial charge in [-0.25, -0.2) is 19.2 Å². The second kappa shape index (κ2) is 11.3. The monoisotopic (exact) mass is 520 g/mol. The number of cyclic esters (lactones) is 4. The van der Waals surface area contributed by atoms with Gasteiger partial charge in [0.1, 0.15) is 6.10 Å². The molecule has 0 amide bonds. The van der Waals surface area contributed by atoms with E-state index in [-0.39, 0.29) is 42.4 Å². The van der Waals surface area contributed by atoms with Gasteiger partial charge in [-0.1, -0.05) is 38.7 Å². The third kappa shape index (κ3) is 5.40. The summed E-state index contributed by atoms with van der Waals surface area (Å²) in [5, 5.41) is 44.2. The minimum Gasteiger partial charge on any atom is -0.456 e. The normalized spacial score (nSPS) is 31.6. The number of ether oxygens (including phenoxy) is 3. The predicted octanol–water partition coefficient (Wildman–Crippen LogP) is 0.489. The first-order chi connectivity index (χ1) is 17.6. The van der Waals surface area contributed by atoms with Crippen molar-refractivity contribution in [2.24, 2.45) is 11.8 Å². The molecule has 37 heavy (non-hydrogen) atoms. The zero-order valence-corrected chi connectivity index (χ0v) is 20.5. The molecule has 0 aromatic carbocycles. The highest BCUT2D eigenvalue weighted by Crippen LogP contribution is 2.44. The van der Waals surface area contributed by atoms with E-state index in [9.17, 15) is 39.6 Å². The first-order valence-electron chi connectivity index (χ1n) is 12.7. The van der Waals surface area contributed by atoms with Crippen molar-refractivity contribution < 1.29 is 53.8 Å². The van der Waals surface area contributed by atoms with Crippen LogP contribution >= 0.6 is 0 Å². The molecule has 0 aromatic heterocycles. The fraction of sp³-hybridized carbons (Fsp3) is 0.615. The number of hydrogen-bond donors (Lipinski definition) is 4. The summed E-state index contributed by atoms with van der Waals surface area (Å²) in [6.07, 6.45) is -1.25. The molecule has 3 aliphatic heterocycles. The van der Waals surface area contributed by atoms with Crippen LogP contribution in [0.3, 0.4) is 0 Å². The minimum atomic E-state index is -1.80. The molecule has 11 heteroatoms. The summed E-state index contributed by atoms with van der Waals surface area (Å²) >= 11 is 0. The number of aliphatic hydroxyl groups is 4.